The third-order valence-electron chi connectivity index (χ3n) is 5.06. The number of hydrogen-bond acceptors (Lipinski definition) is 4. The lowest BCUT2D eigenvalue weighted by molar-refractivity contribution is 0.425. The van der Waals surface area contributed by atoms with Gasteiger partial charge in [0.2, 0.25) is 0 Å². The van der Waals surface area contributed by atoms with Crippen LogP contribution in [0.2, 0.25) is 0 Å². The average Bonchev–Trinajstić information content (AvgIpc) is 2.99. The number of nitrogens with one attached hydrogen (secondary N) is 1. The van der Waals surface area contributed by atoms with Crippen molar-refractivity contribution in [3.8, 4) is 0 Å². The van der Waals surface area contributed by atoms with E-state index in [1.54, 1.807) is 12.3 Å². The van der Waals surface area contributed by atoms with E-state index in [1.807, 2.05) is 52.2 Å². The van der Waals surface area contributed by atoms with Crippen LogP contribution in [0.4, 0.5) is 5.69 Å². The summed E-state index contributed by atoms with van der Waals surface area (Å²) >= 11 is 0. The third-order valence-corrected chi connectivity index (χ3v) is 6.87. The van der Waals surface area contributed by atoms with Crippen LogP contribution in [-0.2, 0) is 16.4 Å². The lowest BCUT2D eigenvalue weighted by Crippen LogP contribution is -2.21. The molecule has 0 saturated heterocycles. The minimum Gasteiger partial charge on any atom is -0.384 e. The largest absolute Gasteiger partial charge is 0.384 e. The highest BCUT2D eigenvalue weighted by atomic mass is 32.2. The SMILES string of the molecule is CCc1ccc2c(c1)c(C)cn2S(=O)(=O)c1cc(NCCN(C)C)ccc1C. The zero-order chi connectivity index (χ0) is 20.5. The van der Waals surface area contributed by atoms with Gasteiger partial charge in [-0.3, -0.25) is 0 Å². The van der Waals surface area contributed by atoms with Crippen molar-refractivity contribution in [3.05, 3.63) is 59.3 Å². The first kappa shape index (κ1) is 20.4. The van der Waals surface area contributed by atoms with Crippen molar-refractivity contribution in [1.82, 2.24) is 8.87 Å². The molecule has 5 nitrogen and oxygen atoms in total. The van der Waals surface area contributed by atoms with Crippen molar-refractivity contribution in [3.63, 3.8) is 0 Å². The molecule has 0 spiro atoms. The minimum absolute atomic E-state index is 0.332. The first-order chi connectivity index (χ1) is 13.2. The van der Waals surface area contributed by atoms with E-state index in [0.717, 1.165) is 47.2 Å². The number of aromatic nitrogens is 1. The number of nitrogens with zero attached hydrogens (tertiary/aromatic N) is 2. The second-order valence-corrected chi connectivity index (χ2v) is 9.31. The van der Waals surface area contributed by atoms with Gasteiger partial charge < -0.3 is 10.2 Å². The van der Waals surface area contributed by atoms with E-state index in [9.17, 15) is 8.42 Å². The van der Waals surface area contributed by atoms with Crippen molar-refractivity contribution in [2.24, 2.45) is 0 Å². The van der Waals surface area contributed by atoms with E-state index in [1.165, 1.54) is 9.54 Å². The molecule has 0 aliphatic heterocycles. The molecule has 1 N–H and O–H groups in total. The molecule has 0 atom stereocenters. The first-order valence-corrected chi connectivity index (χ1v) is 11.0. The van der Waals surface area contributed by atoms with E-state index in [0.29, 0.717) is 4.90 Å². The van der Waals surface area contributed by atoms with Gasteiger partial charge in [-0.15, -0.1) is 0 Å². The zero-order valence-electron chi connectivity index (χ0n) is 17.3. The van der Waals surface area contributed by atoms with E-state index >= 15 is 0 Å². The maximum atomic E-state index is 13.5. The topological polar surface area (TPSA) is 54.3 Å². The molecule has 0 unspecified atom stereocenters. The van der Waals surface area contributed by atoms with Gasteiger partial charge in [0.25, 0.3) is 10.0 Å². The summed E-state index contributed by atoms with van der Waals surface area (Å²) in [4.78, 5) is 2.41. The normalized spacial score (nSPS) is 12.1. The number of hydrogen-bond donors (Lipinski definition) is 1. The summed E-state index contributed by atoms with van der Waals surface area (Å²) in [5.41, 5.74) is 4.44. The fourth-order valence-electron chi connectivity index (χ4n) is 3.34. The quantitative estimate of drug-likeness (QED) is 0.652. The number of rotatable bonds is 7. The molecule has 0 aliphatic carbocycles. The van der Waals surface area contributed by atoms with Gasteiger partial charge >= 0.3 is 0 Å². The molecule has 2 aromatic carbocycles. The smallest absolute Gasteiger partial charge is 0.268 e. The predicted molar refractivity (Wildman–Crippen MR) is 117 cm³/mol. The molecule has 28 heavy (non-hydrogen) atoms. The van der Waals surface area contributed by atoms with Crippen LogP contribution in [0.1, 0.15) is 23.6 Å². The van der Waals surface area contributed by atoms with Gasteiger partial charge in [0.15, 0.2) is 0 Å². The summed E-state index contributed by atoms with van der Waals surface area (Å²) in [5, 5.41) is 4.30. The molecule has 0 bridgehead atoms. The average molecular weight is 400 g/mol. The Labute approximate surface area is 168 Å². The predicted octanol–water partition coefficient (Wildman–Crippen LogP) is 4.03. The van der Waals surface area contributed by atoms with Gasteiger partial charge in [-0.25, -0.2) is 12.4 Å². The molecule has 3 aromatic rings. The standard InChI is InChI=1S/C22H29N3O2S/c1-6-18-8-10-21-20(13-18)17(3)15-25(21)28(26,27)22-14-19(9-7-16(22)2)23-11-12-24(4)5/h7-10,13-15,23H,6,11-12H2,1-5H3. The van der Waals surface area contributed by atoms with Gasteiger partial charge in [-0.05, 0) is 75.3 Å². The van der Waals surface area contributed by atoms with E-state index in [4.69, 9.17) is 0 Å². The summed E-state index contributed by atoms with van der Waals surface area (Å²) in [7, 11) is 0.328. The zero-order valence-corrected chi connectivity index (χ0v) is 18.1. The second-order valence-electron chi connectivity index (χ2n) is 7.53. The van der Waals surface area contributed by atoms with E-state index in [-0.39, 0.29) is 0 Å². The molecule has 0 radical (unpaired) electrons. The molecule has 0 aliphatic rings. The number of likely N-dealkylation sites (N-methyl/N-ethyl adjacent to an activating group) is 1. The van der Waals surface area contributed by atoms with E-state index < -0.39 is 10.0 Å². The fourth-order valence-corrected chi connectivity index (χ4v) is 5.02. The van der Waals surface area contributed by atoms with Crippen LogP contribution in [-0.4, -0.2) is 44.5 Å². The molecule has 1 aromatic heterocycles. The number of aryl methyl sites for hydroxylation is 3. The maximum Gasteiger partial charge on any atom is 0.268 e. The Morgan fingerprint density at radius 1 is 1.04 bits per heavy atom. The molecular formula is C22H29N3O2S. The number of fused-ring (bicyclic) bond motifs is 1. The van der Waals surface area contributed by atoms with Crippen LogP contribution >= 0.6 is 0 Å². The molecular weight excluding hydrogens is 370 g/mol. The van der Waals surface area contributed by atoms with Crippen molar-refractivity contribution in [2.45, 2.75) is 32.1 Å². The summed E-state index contributed by atoms with van der Waals surface area (Å²) < 4.78 is 28.4. The first-order valence-electron chi connectivity index (χ1n) is 9.59. The maximum absolute atomic E-state index is 13.5. The third kappa shape index (κ3) is 3.93. The van der Waals surface area contributed by atoms with Crippen LogP contribution in [0, 0.1) is 13.8 Å². The number of anilines is 1. The Balaban J connectivity index is 2.05. The Kier molecular flexibility index (Phi) is 5.82. The lowest BCUT2D eigenvalue weighted by Gasteiger charge is -2.14. The van der Waals surface area contributed by atoms with Crippen LogP contribution in [0.25, 0.3) is 10.9 Å². The highest BCUT2D eigenvalue weighted by Gasteiger charge is 2.22. The Morgan fingerprint density at radius 2 is 1.79 bits per heavy atom. The molecule has 1 heterocycles. The van der Waals surface area contributed by atoms with Crippen LogP contribution in [0.15, 0.2) is 47.5 Å². The van der Waals surface area contributed by atoms with Gasteiger partial charge in [0.05, 0.1) is 10.4 Å². The van der Waals surface area contributed by atoms with Gasteiger partial charge in [0, 0.05) is 30.4 Å². The van der Waals surface area contributed by atoms with Gasteiger partial charge in [0.1, 0.15) is 0 Å². The molecule has 6 heteroatoms. The Morgan fingerprint density at radius 3 is 2.46 bits per heavy atom. The molecule has 150 valence electrons. The Bertz CT molecular complexity index is 1100. The summed E-state index contributed by atoms with van der Waals surface area (Å²) in [6.07, 6.45) is 2.65. The fraction of sp³-hybridized carbons (Fsp3) is 0.364. The molecule has 0 fully saturated rings. The van der Waals surface area contributed by atoms with Gasteiger partial charge in [-0.2, -0.15) is 0 Å². The highest BCUT2D eigenvalue weighted by Crippen LogP contribution is 2.29. The van der Waals surface area contributed by atoms with Crippen molar-refractivity contribution in [2.75, 3.05) is 32.5 Å². The monoisotopic (exact) mass is 399 g/mol. The summed E-state index contributed by atoms with van der Waals surface area (Å²) in [6.45, 7) is 7.52. The number of benzene rings is 2. The van der Waals surface area contributed by atoms with Crippen LogP contribution < -0.4 is 5.32 Å². The minimum atomic E-state index is -3.69. The van der Waals surface area contributed by atoms with Crippen molar-refractivity contribution in [1.29, 1.82) is 0 Å². The van der Waals surface area contributed by atoms with Crippen LogP contribution in [0.3, 0.4) is 0 Å². The van der Waals surface area contributed by atoms with E-state index in [2.05, 4.69) is 23.2 Å². The van der Waals surface area contributed by atoms with Gasteiger partial charge in [-0.1, -0.05) is 19.1 Å². The molecule has 0 amide bonds. The summed E-state index contributed by atoms with van der Waals surface area (Å²) in [6, 6.07) is 11.5. The Hall–Kier alpha value is -2.31. The molecule has 3 rings (SSSR count). The molecule has 0 saturated carbocycles. The van der Waals surface area contributed by atoms with Crippen LogP contribution in [0.5, 0.6) is 0 Å². The second kappa shape index (κ2) is 7.97. The van der Waals surface area contributed by atoms with Crippen molar-refractivity contribution < 1.29 is 8.42 Å². The van der Waals surface area contributed by atoms with Crippen molar-refractivity contribution >= 4 is 26.6 Å². The lowest BCUT2D eigenvalue weighted by atomic mass is 10.1. The summed E-state index contributed by atoms with van der Waals surface area (Å²) in [5.74, 6) is 0. The highest BCUT2D eigenvalue weighted by molar-refractivity contribution is 7.90.